The number of nitrogens with one attached hydrogen (secondary N) is 2. The number of aliphatic hydroxyl groups excluding tert-OH is 1. The second kappa shape index (κ2) is 8.19. The zero-order chi connectivity index (χ0) is 16.7. The molecule has 5 nitrogen and oxygen atoms in total. The zero-order valence-corrected chi connectivity index (χ0v) is 13.5. The van der Waals surface area contributed by atoms with Crippen LogP contribution in [0.5, 0.6) is 0 Å². The fourth-order valence-electron chi connectivity index (χ4n) is 2.37. The Labute approximate surface area is 136 Å². The van der Waals surface area contributed by atoms with Crippen LogP contribution in [0.25, 0.3) is 0 Å². The maximum Gasteiger partial charge on any atom is 0.319 e. The number of carbonyl (C=O) groups excluding carboxylic acids is 1. The van der Waals surface area contributed by atoms with E-state index >= 15 is 0 Å². The van der Waals surface area contributed by atoms with E-state index in [0.29, 0.717) is 6.42 Å². The van der Waals surface area contributed by atoms with Gasteiger partial charge in [0.2, 0.25) is 0 Å². The van der Waals surface area contributed by atoms with Crippen LogP contribution in [0.3, 0.4) is 0 Å². The number of amides is 2. The Morgan fingerprint density at radius 3 is 2.39 bits per heavy atom. The van der Waals surface area contributed by atoms with Crippen LogP contribution in [0.2, 0.25) is 0 Å². The molecule has 0 unspecified atom stereocenters. The number of rotatable bonds is 6. The molecule has 2 amide bonds. The summed E-state index contributed by atoms with van der Waals surface area (Å²) in [5.74, 6) is 0. The lowest BCUT2D eigenvalue weighted by atomic mass is 10.1. The van der Waals surface area contributed by atoms with Crippen molar-refractivity contribution in [2.24, 2.45) is 0 Å². The Hall–Kier alpha value is -2.53. The van der Waals surface area contributed by atoms with Gasteiger partial charge in [-0.3, -0.25) is 0 Å². The molecule has 2 aromatic rings. The van der Waals surface area contributed by atoms with Crippen LogP contribution in [0.4, 0.5) is 16.2 Å². The molecule has 3 N–H and O–H groups in total. The molecule has 0 aliphatic heterocycles. The molecule has 0 aromatic heterocycles. The van der Waals surface area contributed by atoms with E-state index < -0.39 is 0 Å². The smallest absolute Gasteiger partial charge is 0.319 e. The maximum atomic E-state index is 12.2. The lowest BCUT2D eigenvalue weighted by molar-refractivity contribution is 0.224. The second-order valence-corrected chi connectivity index (χ2v) is 5.58. The standard InChI is InChI=1S/C18H23N3O2/c1-21(2)17-11-7-6-10-16(17)20-18(23)19-15(13-22)12-14-8-4-3-5-9-14/h3-11,15,22H,12-13H2,1-2H3,(H2,19,20,23)/t15-/m0/s1. The van der Waals surface area contributed by atoms with E-state index in [9.17, 15) is 9.90 Å². The van der Waals surface area contributed by atoms with Crippen molar-refractivity contribution in [3.8, 4) is 0 Å². The first-order chi connectivity index (χ1) is 11.1. The van der Waals surface area contributed by atoms with Crippen LogP contribution >= 0.6 is 0 Å². The molecule has 2 aromatic carbocycles. The molecular formula is C18H23N3O2. The van der Waals surface area contributed by atoms with Crippen molar-refractivity contribution in [1.82, 2.24) is 5.32 Å². The summed E-state index contributed by atoms with van der Waals surface area (Å²) in [5, 5.41) is 15.1. The van der Waals surface area contributed by atoms with Gasteiger partial charge >= 0.3 is 6.03 Å². The van der Waals surface area contributed by atoms with Gasteiger partial charge in [-0.15, -0.1) is 0 Å². The SMILES string of the molecule is CN(C)c1ccccc1NC(=O)N[C@H](CO)Cc1ccccc1. The predicted octanol–water partition coefficient (Wildman–Crippen LogP) is 2.48. The van der Waals surface area contributed by atoms with Crippen molar-refractivity contribution < 1.29 is 9.90 Å². The summed E-state index contributed by atoms with van der Waals surface area (Å²) in [7, 11) is 3.84. The van der Waals surface area contributed by atoms with E-state index in [2.05, 4.69) is 10.6 Å². The fraction of sp³-hybridized carbons (Fsp3) is 0.278. The van der Waals surface area contributed by atoms with Crippen LogP contribution < -0.4 is 15.5 Å². The largest absolute Gasteiger partial charge is 0.394 e. The Kier molecular flexibility index (Phi) is 6.00. The predicted molar refractivity (Wildman–Crippen MR) is 93.9 cm³/mol. The van der Waals surface area contributed by atoms with E-state index in [4.69, 9.17) is 0 Å². The minimum Gasteiger partial charge on any atom is -0.394 e. The first kappa shape index (κ1) is 16.8. The molecule has 0 bridgehead atoms. The number of benzene rings is 2. The van der Waals surface area contributed by atoms with Crippen LogP contribution in [0.1, 0.15) is 5.56 Å². The summed E-state index contributed by atoms with van der Waals surface area (Å²) in [4.78, 5) is 14.1. The quantitative estimate of drug-likeness (QED) is 0.767. The highest BCUT2D eigenvalue weighted by molar-refractivity contribution is 5.93. The molecule has 0 fully saturated rings. The molecular weight excluding hydrogens is 290 g/mol. The summed E-state index contributed by atoms with van der Waals surface area (Å²) < 4.78 is 0. The monoisotopic (exact) mass is 313 g/mol. The van der Waals surface area contributed by atoms with Crippen molar-refractivity contribution in [3.05, 3.63) is 60.2 Å². The highest BCUT2D eigenvalue weighted by atomic mass is 16.3. The minimum atomic E-state index is -0.330. The van der Waals surface area contributed by atoms with Gasteiger partial charge in [0.15, 0.2) is 0 Å². The summed E-state index contributed by atoms with van der Waals surface area (Å²) in [6.45, 7) is -0.113. The molecule has 0 aliphatic carbocycles. The Balaban J connectivity index is 1.98. The van der Waals surface area contributed by atoms with E-state index in [-0.39, 0.29) is 18.7 Å². The Morgan fingerprint density at radius 1 is 1.09 bits per heavy atom. The normalized spacial score (nSPS) is 11.6. The molecule has 1 atom stereocenters. The number of urea groups is 1. The summed E-state index contributed by atoms with van der Waals surface area (Å²) in [6.07, 6.45) is 0.583. The van der Waals surface area contributed by atoms with E-state index in [1.54, 1.807) is 0 Å². The van der Waals surface area contributed by atoms with Gasteiger partial charge in [-0.2, -0.15) is 0 Å². The van der Waals surface area contributed by atoms with Gasteiger partial charge in [0, 0.05) is 14.1 Å². The molecule has 5 heteroatoms. The lowest BCUT2D eigenvalue weighted by Gasteiger charge is -2.20. The van der Waals surface area contributed by atoms with Crippen LogP contribution in [0, 0.1) is 0 Å². The Morgan fingerprint density at radius 2 is 1.74 bits per heavy atom. The number of hydrogen-bond donors (Lipinski definition) is 3. The average Bonchev–Trinajstić information content (AvgIpc) is 2.55. The van der Waals surface area contributed by atoms with Gasteiger partial charge in [0.05, 0.1) is 24.0 Å². The molecule has 0 saturated heterocycles. The minimum absolute atomic E-state index is 0.113. The number of nitrogens with zero attached hydrogens (tertiary/aromatic N) is 1. The summed E-state index contributed by atoms with van der Waals surface area (Å²) >= 11 is 0. The highest BCUT2D eigenvalue weighted by Gasteiger charge is 2.13. The van der Waals surface area contributed by atoms with Crippen LogP contribution in [-0.4, -0.2) is 37.9 Å². The number of hydrogen-bond acceptors (Lipinski definition) is 3. The molecule has 2 rings (SSSR count). The van der Waals surface area contributed by atoms with E-state index in [1.165, 1.54) is 0 Å². The third kappa shape index (κ3) is 5.00. The van der Waals surface area contributed by atoms with E-state index in [0.717, 1.165) is 16.9 Å². The van der Waals surface area contributed by atoms with Crippen molar-refractivity contribution in [3.63, 3.8) is 0 Å². The number of anilines is 2. The van der Waals surface area contributed by atoms with Crippen molar-refractivity contribution in [2.45, 2.75) is 12.5 Å². The first-order valence-corrected chi connectivity index (χ1v) is 7.59. The third-order valence-corrected chi connectivity index (χ3v) is 3.51. The zero-order valence-electron chi connectivity index (χ0n) is 13.5. The Bertz CT molecular complexity index is 629. The molecule has 0 aliphatic rings. The number of para-hydroxylation sites is 2. The first-order valence-electron chi connectivity index (χ1n) is 7.59. The summed E-state index contributed by atoms with van der Waals surface area (Å²) in [6, 6.07) is 16.7. The molecule has 122 valence electrons. The van der Waals surface area contributed by atoms with Gasteiger partial charge in [-0.25, -0.2) is 4.79 Å². The third-order valence-electron chi connectivity index (χ3n) is 3.51. The molecule has 0 radical (unpaired) electrons. The second-order valence-electron chi connectivity index (χ2n) is 5.58. The fourth-order valence-corrected chi connectivity index (χ4v) is 2.37. The topological polar surface area (TPSA) is 64.6 Å². The molecule has 23 heavy (non-hydrogen) atoms. The van der Waals surface area contributed by atoms with Crippen molar-refractivity contribution in [2.75, 3.05) is 30.9 Å². The number of aliphatic hydroxyl groups is 1. The molecule has 0 spiro atoms. The lowest BCUT2D eigenvalue weighted by Crippen LogP contribution is -2.41. The average molecular weight is 313 g/mol. The van der Waals surface area contributed by atoms with Gasteiger partial charge in [0.25, 0.3) is 0 Å². The van der Waals surface area contributed by atoms with Crippen LogP contribution in [0.15, 0.2) is 54.6 Å². The van der Waals surface area contributed by atoms with Gasteiger partial charge in [0.1, 0.15) is 0 Å². The van der Waals surface area contributed by atoms with Gasteiger partial charge in [-0.05, 0) is 24.1 Å². The van der Waals surface area contributed by atoms with Gasteiger partial charge in [-0.1, -0.05) is 42.5 Å². The van der Waals surface area contributed by atoms with E-state index in [1.807, 2.05) is 73.6 Å². The molecule has 0 heterocycles. The summed E-state index contributed by atoms with van der Waals surface area (Å²) in [5.41, 5.74) is 2.72. The van der Waals surface area contributed by atoms with Crippen molar-refractivity contribution >= 4 is 17.4 Å². The molecule has 0 saturated carbocycles. The van der Waals surface area contributed by atoms with Crippen LogP contribution in [-0.2, 0) is 6.42 Å². The van der Waals surface area contributed by atoms with Crippen molar-refractivity contribution in [1.29, 1.82) is 0 Å². The van der Waals surface area contributed by atoms with Gasteiger partial charge < -0.3 is 20.6 Å². The highest BCUT2D eigenvalue weighted by Crippen LogP contribution is 2.23. The maximum absolute atomic E-state index is 12.2. The number of carbonyl (C=O) groups is 1.